The Labute approximate surface area is 131 Å². The monoisotopic (exact) mass is 334 g/mol. The molecule has 0 atom stereocenters. The Balaban J connectivity index is 3.18. The third kappa shape index (κ3) is 4.67. The number of thioether (sulfide) groups is 1. The smallest absolute Gasteiger partial charge is 0.243 e. The van der Waals surface area contributed by atoms with E-state index in [1.54, 1.807) is 17.8 Å². The van der Waals surface area contributed by atoms with E-state index in [9.17, 15) is 12.8 Å². The number of rotatable bonds is 8. The minimum absolute atomic E-state index is 0.0546. The molecule has 1 aromatic carbocycles. The Morgan fingerprint density at radius 3 is 2.62 bits per heavy atom. The van der Waals surface area contributed by atoms with Crippen molar-refractivity contribution in [3.63, 3.8) is 0 Å². The third-order valence-corrected chi connectivity index (χ3v) is 5.81. The van der Waals surface area contributed by atoms with Crippen molar-refractivity contribution in [2.45, 2.75) is 25.3 Å². The SMILES string of the molecule is CCNCc1cc(F)c(C)c(S(=O)(=O)N(C)CCSC)c1. The molecule has 0 bridgehead atoms. The summed E-state index contributed by atoms with van der Waals surface area (Å²) >= 11 is 1.57. The van der Waals surface area contributed by atoms with Gasteiger partial charge in [0.25, 0.3) is 0 Å². The molecule has 0 aromatic heterocycles. The number of hydrogen-bond acceptors (Lipinski definition) is 4. The van der Waals surface area contributed by atoms with Gasteiger partial charge in [0.2, 0.25) is 10.0 Å². The Morgan fingerprint density at radius 2 is 2.05 bits per heavy atom. The second-order valence-electron chi connectivity index (χ2n) is 4.80. The van der Waals surface area contributed by atoms with Crippen LogP contribution in [0.2, 0.25) is 0 Å². The van der Waals surface area contributed by atoms with E-state index >= 15 is 0 Å². The summed E-state index contributed by atoms with van der Waals surface area (Å²) in [5.74, 6) is 0.219. The van der Waals surface area contributed by atoms with Crippen LogP contribution in [0, 0.1) is 12.7 Å². The van der Waals surface area contributed by atoms with Crippen molar-refractivity contribution >= 4 is 21.8 Å². The van der Waals surface area contributed by atoms with Gasteiger partial charge in [-0.1, -0.05) is 6.92 Å². The summed E-state index contributed by atoms with van der Waals surface area (Å²) in [5, 5.41) is 3.07. The quantitative estimate of drug-likeness (QED) is 0.792. The molecule has 7 heteroatoms. The molecule has 0 aliphatic rings. The lowest BCUT2D eigenvalue weighted by Gasteiger charge is -2.19. The number of nitrogens with one attached hydrogen (secondary N) is 1. The van der Waals surface area contributed by atoms with Crippen LogP contribution in [0.4, 0.5) is 4.39 Å². The highest BCUT2D eigenvalue weighted by molar-refractivity contribution is 7.98. The van der Waals surface area contributed by atoms with E-state index in [2.05, 4.69) is 5.32 Å². The minimum atomic E-state index is -3.66. The summed E-state index contributed by atoms with van der Waals surface area (Å²) in [7, 11) is -2.13. The molecule has 0 radical (unpaired) electrons. The summed E-state index contributed by atoms with van der Waals surface area (Å²) in [6, 6.07) is 2.95. The van der Waals surface area contributed by atoms with Gasteiger partial charge in [0, 0.05) is 31.5 Å². The zero-order chi connectivity index (χ0) is 16.0. The lowest BCUT2D eigenvalue weighted by Crippen LogP contribution is -2.30. The Kier molecular flexibility index (Phi) is 7.12. The molecule has 0 spiro atoms. The second-order valence-corrected chi connectivity index (χ2v) is 7.80. The molecule has 0 unspecified atom stereocenters. The van der Waals surface area contributed by atoms with E-state index in [0.29, 0.717) is 24.4 Å². The summed E-state index contributed by atoms with van der Waals surface area (Å²) in [6.45, 7) is 5.04. The fourth-order valence-corrected chi connectivity index (χ4v) is 3.88. The molecule has 120 valence electrons. The molecular formula is C14H23FN2O2S2. The highest BCUT2D eigenvalue weighted by atomic mass is 32.2. The van der Waals surface area contributed by atoms with E-state index in [0.717, 1.165) is 6.54 Å². The van der Waals surface area contributed by atoms with E-state index in [1.807, 2.05) is 13.2 Å². The summed E-state index contributed by atoms with van der Waals surface area (Å²) in [6.07, 6.45) is 1.92. The number of hydrogen-bond donors (Lipinski definition) is 1. The average molecular weight is 334 g/mol. The maximum Gasteiger partial charge on any atom is 0.243 e. The van der Waals surface area contributed by atoms with Crippen LogP contribution in [0.15, 0.2) is 17.0 Å². The van der Waals surface area contributed by atoms with Gasteiger partial charge < -0.3 is 5.32 Å². The average Bonchev–Trinajstić information content (AvgIpc) is 2.45. The van der Waals surface area contributed by atoms with Gasteiger partial charge in [-0.2, -0.15) is 11.8 Å². The Bertz CT molecular complexity index is 577. The molecule has 0 fully saturated rings. The van der Waals surface area contributed by atoms with Gasteiger partial charge in [0.05, 0.1) is 4.90 Å². The van der Waals surface area contributed by atoms with Gasteiger partial charge in [-0.05, 0) is 37.4 Å². The molecule has 1 N–H and O–H groups in total. The van der Waals surface area contributed by atoms with Gasteiger partial charge in [-0.15, -0.1) is 0 Å². The first-order chi connectivity index (χ1) is 9.84. The van der Waals surface area contributed by atoms with Crippen LogP contribution in [0.25, 0.3) is 0 Å². The lowest BCUT2D eigenvalue weighted by molar-refractivity contribution is 0.486. The molecule has 4 nitrogen and oxygen atoms in total. The Morgan fingerprint density at radius 1 is 1.38 bits per heavy atom. The van der Waals surface area contributed by atoms with Crippen LogP contribution in [-0.2, 0) is 16.6 Å². The highest BCUT2D eigenvalue weighted by Gasteiger charge is 2.24. The van der Waals surface area contributed by atoms with E-state index in [-0.39, 0.29) is 10.5 Å². The van der Waals surface area contributed by atoms with E-state index in [4.69, 9.17) is 0 Å². The topological polar surface area (TPSA) is 49.4 Å². The van der Waals surface area contributed by atoms with Crippen LogP contribution in [0.5, 0.6) is 0 Å². The van der Waals surface area contributed by atoms with Crippen LogP contribution in [-0.4, -0.2) is 44.9 Å². The Hall–Kier alpha value is -0.630. The van der Waals surface area contributed by atoms with E-state index in [1.165, 1.54) is 24.3 Å². The van der Waals surface area contributed by atoms with Crippen LogP contribution in [0.1, 0.15) is 18.1 Å². The first kappa shape index (κ1) is 18.4. The largest absolute Gasteiger partial charge is 0.313 e. The molecule has 0 heterocycles. The highest BCUT2D eigenvalue weighted by Crippen LogP contribution is 2.23. The zero-order valence-corrected chi connectivity index (χ0v) is 14.6. The third-order valence-electron chi connectivity index (χ3n) is 3.23. The molecule has 21 heavy (non-hydrogen) atoms. The van der Waals surface area contributed by atoms with Gasteiger partial charge in [-0.3, -0.25) is 0 Å². The molecule has 0 aliphatic heterocycles. The van der Waals surface area contributed by atoms with Crippen molar-refractivity contribution < 1.29 is 12.8 Å². The van der Waals surface area contributed by atoms with Gasteiger partial charge in [0.15, 0.2) is 0 Å². The number of benzene rings is 1. The number of nitrogens with zero attached hydrogens (tertiary/aromatic N) is 1. The maximum atomic E-state index is 14.0. The summed E-state index contributed by atoms with van der Waals surface area (Å²) < 4.78 is 40.4. The van der Waals surface area contributed by atoms with Crippen molar-refractivity contribution in [1.82, 2.24) is 9.62 Å². The number of sulfonamides is 1. The zero-order valence-electron chi connectivity index (χ0n) is 12.9. The van der Waals surface area contributed by atoms with E-state index < -0.39 is 15.8 Å². The normalized spacial score (nSPS) is 12.1. The fourth-order valence-electron chi connectivity index (χ4n) is 1.85. The van der Waals surface area contributed by atoms with Crippen molar-refractivity contribution in [1.29, 1.82) is 0 Å². The molecule has 0 amide bonds. The standard InChI is InChI=1S/C14H23FN2O2S2/c1-5-16-10-12-8-13(15)11(2)14(9-12)21(18,19)17(3)6-7-20-4/h8-9,16H,5-7,10H2,1-4H3. The maximum absolute atomic E-state index is 14.0. The van der Waals surface area contributed by atoms with Gasteiger partial charge >= 0.3 is 0 Å². The van der Waals surface area contributed by atoms with Crippen molar-refractivity contribution in [3.8, 4) is 0 Å². The number of halogens is 1. The molecule has 1 rings (SSSR count). The van der Waals surface area contributed by atoms with Crippen LogP contribution in [0.3, 0.4) is 0 Å². The van der Waals surface area contributed by atoms with Crippen molar-refractivity contribution in [3.05, 3.63) is 29.1 Å². The van der Waals surface area contributed by atoms with Gasteiger partial charge in [0.1, 0.15) is 5.82 Å². The summed E-state index contributed by atoms with van der Waals surface area (Å²) in [5.41, 5.74) is 0.808. The molecule has 0 saturated heterocycles. The second kappa shape index (κ2) is 8.12. The molecular weight excluding hydrogens is 311 g/mol. The molecule has 0 aliphatic carbocycles. The van der Waals surface area contributed by atoms with Crippen LogP contribution >= 0.6 is 11.8 Å². The van der Waals surface area contributed by atoms with Crippen molar-refractivity contribution in [2.75, 3.05) is 32.1 Å². The predicted molar refractivity (Wildman–Crippen MR) is 86.7 cm³/mol. The fraction of sp³-hybridized carbons (Fsp3) is 0.571. The summed E-state index contributed by atoms with van der Waals surface area (Å²) in [4.78, 5) is 0.0546. The lowest BCUT2D eigenvalue weighted by atomic mass is 10.1. The molecule has 1 aromatic rings. The van der Waals surface area contributed by atoms with Crippen LogP contribution < -0.4 is 5.32 Å². The van der Waals surface area contributed by atoms with Crippen molar-refractivity contribution in [2.24, 2.45) is 0 Å². The minimum Gasteiger partial charge on any atom is -0.313 e. The predicted octanol–water partition coefficient (Wildman–Crippen LogP) is 2.23. The molecule has 0 saturated carbocycles. The first-order valence-corrected chi connectivity index (χ1v) is 9.63. The first-order valence-electron chi connectivity index (χ1n) is 6.79. The van der Waals surface area contributed by atoms with Gasteiger partial charge in [-0.25, -0.2) is 17.1 Å².